The van der Waals surface area contributed by atoms with Gasteiger partial charge in [-0.2, -0.15) is 4.98 Å². The molecule has 12 heteroatoms. The highest BCUT2D eigenvalue weighted by atomic mass is 32.2. The summed E-state index contributed by atoms with van der Waals surface area (Å²) in [7, 11) is -3.92. The summed E-state index contributed by atoms with van der Waals surface area (Å²) in [4.78, 5) is 19.0. The molecule has 0 spiro atoms. The van der Waals surface area contributed by atoms with Crippen molar-refractivity contribution >= 4 is 27.7 Å². The first-order valence-corrected chi connectivity index (χ1v) is 12.5. The summed E-state index contributed by atoms with van der Waals surface area (Å²) in [5, 5.41) is 15.4. The van der Waals surface area contributed by atoms with Crippen molar-refractivity contribution in [1.29, 1.82) is 0 Å². The summed E-state index contributed by atoms with van der Waals surface area (Å²) >= 11 is 0. The molecule has 0 unspecified atom stereocenters. The Bertz CT molecular complexity index is 1550. The van der Waals surface area contributed by atoms with Crippen molar-refractivity contribution in [3.63, 3.8) is 0 Å². The number of aromatic nitrogens is 5. The van der Waals surface area contributed by atoms with Crippen LogP contribution in [0.15, 0.2) is 108 Å². The monoisotopic (exact) mass is 512 g/mol. The van der Waals surface area contributed by atoms with Crippen molar-refractivity contribution in [2.24, 2.45) is 0 Å². The molecule has 0 aliphatic rings. The molecule has 0 atom stereocenters. The third-order valence-electron chi connectivity index (χ3n) is 5.13. The van der Waals surface area contributed by atoms with Crippen molar-refractivity contribution < 1.29 is 13.2 Å². The number of nitrogens with one attached hydrogen (secondary N) is 3. The predicted molar refractivity (Wildman–Crippen MR) is 136 cm³/mol. The van der Waals surface area contributed by atoms with Crippen LogP contribution < -0.4 is 15.6 Å². The highest BCUT2D eigenvalue weighted by Gasteiger charge is 2.17. The summed E-state index contributed by atoms with van der Waals surface area (Å²) in [6, 6.07) is 29.8. The first-order chi connectivity index (χ1) is 18.0. The zero-order valence-corrected chi connectivity index (χ0v) is 20.0. The molecule has 184 valence electrons. The van der Waals surface area contributed by atoms with Crippen molar-refractivity contribution in [1.82, 2.24) is 35.2 Å². The average Bonchev–Trinajstić information content (AvgIpc) is 3.37. The number of amides is 1. The van der Waals surface area contributed by atoms with Gasteiger partial charge in [0.05, 0.1) is 10.6 Å². The van der Waals surface area contributed by atoms with E-state index in [-0.39, 0.29) is 16.5 Å². The van der Waals surface area contributed by atoms with Crippen molar-refractivity contribution in [3.05, 3.63) is 109 Å². The van der Waals surface area contributed by atoms with Crippen LogP contribution in [0.5, 0.6) is 0 Å². The third kappa shape index (κ3) is 5.50. The molecule has 0 aliphatic carbocycles. The molecule has 2 heterocycles. The molecule has 0 saturated heterocycles. The van der Waals surface area contributed by atoms with Crippen LogP contribution in [-0.4, -0.2) is 39.3 Å². The van der Waals surface area contributed by atoms with E-state index in [1.165, 1.54) is 24.3 Å². The van der Waals surface area contributed by atoms with Gasteiger partial charge < -0.3 is 5.32 Å². The van der Waals surface area contributed by atoms with Crippen LogP contribution in [0.1, 0.15) is 10.5 Å². The molecule has 0 saturated carbocycles. The number of carbonyl (C=O) groups excluding carboxylic acids is 1. The molecule has 2 aromatic heterocycles. The lowest BCUT2D eigenvalue weighted by atomic mass is 10.2. The number of benzene rings is 3. The molecular weight excluding hydrogens is 492 g/mol. The van der Waals surface area contributed by atoms with E-state index in [1.807, 2.05) is 65.5 Å². The Morgan fingerprint density at radius 1 is 0.757 bits per heavy atom. The van der Waals surface area contributed by atoms with Crippen LogP contribution >= 0.6 is 0 Å². The lowest BCUT2D eigenvalue weighted by Gasteiger charge is -2.08. The summed E-state index contributed by atoms with van der Waals surface area (Å²) in [5.41, 5.74) is 3.75. The molecule has 0 aliphatic heterocycles. The number of nitrogens with zero attached hydrogens (tertiary/aromatic N) is 5. The molecule has 5 rings (SSSR count). The van der Waals surface area contributed by atoms with Crippen molar-refractivity contribution in [2.45, 2.75) is 4.90 Å². The first-order valence-electron chi connectivity index (χ1n) is 11.1. The zero-order valence-electron chi connectivity index (χ0n) is 19.2. The van der Waals surface area contributed by atoms with E-state index in [0.717, 1.165) is 11.3 Å². The SMILES string of the molecule is O=C(NNS(=O)(=O)c1ccccc1)c1ccc(Nc2nc(-c3ccccc3)n(-c3ccccc3)n2)nn1. The van der Waals surface area contributed by atoms with Gasteiger partial charge in [0.2, 0.25) is 5.95 Å². The van der Waals surface area contributed by atoms with E-state index in [0.29, 0.717) is 11.6 Å². The van der Waals surface area contributed by atoms with Gasteiger partial charge in [0.1, 0.15) is 0 Å². The second-order valence-corrected chi connectivity index (χ2v) is 9.36. The maximum atomic E-state index is 12.4. The quantitative estimate of drug-likeness (QED) is 0.269. The maximum Gasteiger partial charge on any atom is 0.286 e. The minimum absolute atomic E-state index is 0.0123. The van der Waals surface area contributed by atoms with Gasteiger partial charge in [0, 0.05) is 5.56 Å². The average molecular weight is 513 g/mol. The fourth-order valence-corrected chi connectivity index (χ4v) is 4.22. The number of carbonyl (C=O) groups is 1. The van der Waals surface area contributed by atoms with E-state index in [2.05, 4.69) is 31.0 Å². The first kappa shape index (κ1) is 23.8. The van der Waals surface area contributed by atoms with Gasteiger partial charge in [-0.15, -0.1) is 20.1 Å². The number of hydrogen-bond donors (Lipinski definition) is 3. The van der Waals surface area contributed by atoms with E-state index in [1.54, 1.807) is 22.9 Å². The topological polar surface area (TPSA) is 144 Å². The van der Waals surface area contributed by atoms with Gasteiger partial charge in [0.25, 0.3) is 15.9 Å². The lowest BCUT2D eigenvalue weighted by molar-refractivity contribution is 0.0939. The Labute approximate surface area is 212 Å². The highest BCUT2D eigenvalue weighted by Crippen LogP contribution is 2.23. The van der Waals surface area contributed by atoms with Crippen LogP contribution in [0, 0.1) is 0 Å². The second-order valence-electron chi connectivity index (χ2n) is 7.67. The minimum atomic E-state index is -3.92. The van der Waals surface area contributed by atoms with Gasteiger partial charge in [0.15, 0.2) is 17.3 Å². The molecule has 37 heavy (non-hydrogen) atoms. The smallest absolute Gasteiger partial charge is 0.286 e. The van der Waals surface area contributed by atoms with Gasteiger partial charge in [-0.1, -0.05) is 66.7 Å². The molecule has 3 N–H and O–H groups in total. The van der Waals surface area contributed by atoms with E-state index >= 15 is 0 Å². The number of hydrogen-bond acceptors (Lipinski definition) is 8. The van der Waals surface area contributed by atoms with E-state index < -0.39 is 15.9 Å². The van der Waals surface area contributed by atoms with Crippen LogP contribution in [0.25, 0.3) is 17.1 Å². The predicted octanol–water partition coefficient (Wildman–Crippen LogP) is 3.09. The number of anilines is 2. The van der Waals surface area contributed by atoms with Gasteiger partial charge in [-0.05, 0) is 36.4 Å². The van der Waals surface area contributed by atoms with Crippen LogP contribution in [0.4, 0.5) is 11.8 Å². The fraction of sp³-hybridized carbons (Fsp3) is 0. The largest absolute Gasteiger partial charge is 0.306 e. The summed E-state index contributed by atoms with van der Waals surface area (Å²) < 4.78 is 26.3. The van der Waals surface area contributed by atoms with Gasteiger partial charge >= 0.3 is 0 Å². The highest BCUT2D eigenvalue weighted by molar-refractivity contribution is 7.89. The molecule has 11 nitrogen and oxygen atoms in total. The maximum absolute atomic E-state index is 12.4. The standard InChI is InChI=1S/C25H20N8O3S/c34-24(30-32-37(35,36)20-14-8-3-9-15-20)21-16-17-22(29-28-21)26-25-27-23(18-10-4-1-5-11-18)33(31-25)19-12-6-2-7-13-19/h1-17,32H,(H,30,34)(H,26,29,31). The van der Waals surface area contributed by atoms with Gasteiger partial charge in [-0.25, -0.2) is 13.1 Å². The number of hydrazine groups is 1. The third-order valence-corrected chi connectivity index (χ3v) is 6.39. The number of rotatable bonds is 8. The Kier molecular flexibility index (Phi) is 6.66. The fourth-order valence-electron chi connectivity index (χ4n) is 3.36. The van der Waals surface area contributed by atoms with Crippen LogP contribution in [-0.2, 0) is 10.0 Å². The Morgan fingerprint density at radius 3 is 2.05 bits per heavy atom. The Morgan fingerprint density at radius 2 is 1.41 bits per heavy atom. The molecule has 5 aromatic rings. The molecule has 0 radical (unpaired) electrons. The summed E-state index contributed by atoms with van der Waals surface area (Å²) in [6.45, 7) is 0. The Hall–Kier alpha value is -4.94. The molecule has 1 amide bonds. The second kappa shape index (κ2) is 10.4. The molecule has 0 fully saturated rings. The molecular formula is C25H20N8O3S. The normalized spacial score (nSPS) is 11.1. The van der Waals surface area contributed by atoms with Crippen molar-refractivity contribution in [2.75, 3.05) is 5.32 Å². The zero-order chi connectivity index (χ0) is 25.7. The van der Waals surface area contributed by atoms with Crippen molar-refractivity contribution in [3.8, 4) is 17.1 Å². The Balaban J connectivity index is 1.31. The molecule has 3 aromatic carbocycles. The minimum Gasteiger partial charge on any atom is -0.306 e. The van der Waals surface area contributed by atoms with Gasteiger partial charge in [-0.3, -0.25) is 10.2 Å². The summed E-state index contributed by atoms with van der Waals surface area (Å²) in [5.74, 6) is 0.441. The van der Waals surface area contributed by atoms with E-state index in [9.17, 15) is 13.2 Å². The number of sulfonamides is 1. The van der Waals surface area contributed by atoms with Crippen LogP contribution in [0.2, 0.25) is 0 Å². The van der Waals surface area contributed by atoms with E-state index in [4.69, 9.17) is 0 Å². The summed E-state index contributed by atoms with van der Waals surface area (Å²) in [6.07, 6.45) is 0. The number of para-hydroxylation sites is 1. The lowest BCUT2D eigenvalue weighted by Crippen LogP contribution is -2.41. The van der Waals surface area contributed by atoms with Crippen LogP contribution in [0.3, 0.4) is 0 Å². The molecule has 0 bridgehead atoms.